The molecule has 4 nitrogen and oxygen atoms in total. The normalized spacial score (nSPS) is 13.1. The van der Waals surface area contributed by atoms with Crippen molar-refractivity contribution < 1.29 is 21.4 Å². The minimum absolute atomic E-state index is 0.158. The number of nitrogens with two attached hydrogens (primary N) is 2. The summed E-state index contributed by atoms with van der Waals surface area (Å²) < 4.78 is 0. The van der Waals surface area contributed by atoms with E-state index in [0.29, 0.717) is 11.2 Å². The van der Waals surface area contributed by atoms with Crippen LogP contribution in [-0.4, -0.2) is 10.2 Å². The van der Waals surface area contributed by atoms with Crippen molar-refractivity contribution in [1.82, 2.24) is 0 Å². The number of aromatic hydroxyl groups is 2. The van der Waals surface area contributed by atoms with Gasteiger partial charge in [0.05, 0.1) is 0 Å². The van der Waals surface area contributed by atoms with Gasteiger partial charge in [0.2, 0.25) is 0 Å². The van der Waals surface area contributed by atoms with Gasteiger partial charge in [-0.25, -0.2) is 0 Å². The second kappa shape index (κ2) is 9.99. The topological polar surface area (TPSA) is 92.5 Å². The second-order valence-corrected chi connectivity index (χ2v) is 20.9. The van der Waals surface area contributed by atoms with E-state index in [-0.39, 0.29) is 11.5 Å². The Kier molecular flexibility index (Phi) is 9.11. The van der Waals surface area contributed by atoms with E-state index >= 15 is 0 Å². The van der Waals surface area contributed by atoms with Crippen molar-refractivity contribution in [2.75, 3.05) is 0 Å². The Morgan fingerprint density at radius 1 is 0.810 bits per heavy atom. The molecule has 0 fully saturated rings. The molecule has 7 heteroatoms. The molecule has 6 N–H and O–H groups in total. The predicted molar refractivity (Wildman–Crippen MR) is 98.1 cm³/mol. The third-order valence-corrected chi connectivity index (χ3v) is 2.90. The third-order valence-electron chi connectivity index (χ3n) is 2.90. The fraction of sp³-hybridized carbons (Fsp3) is 0.143. The van der Waals surface area contributed by atoms with Crippen molar-refractivity contribution in [3.8, 4) is 11.5 Å². The van der Waals surface area contributed by atoms with Crippen LogP contribution in [0.1, 0.15) is 23.2 Å². The first-order valence-electron chi connectivity index (χ1n) is 5.91. The van der Waals surface area contributed by atoms with E-state index in [9.17, 15) is 10.2 Å². The van der Waals surface area contributed by atoms with Gasteiger partial charge in [-0.2, -0.15) is 0 Å². The van der Waals surface area contributed by atoms with Gasteiger partial charge in [-0.05, 0) is 35.4 Å². The van der Waals surface area contributed by atoms with E-state index in [0.717, 1.165) is 11.1 Å². The summed E-state index contributed by atoms with van der Waals surface area (Å²) in [6, 6.07) is 12.5. The molecule has 0 aliphatic heterocycles. The number of hydrogen-bond acceptors (Lipinski definition) is 4. The summed E-state index contributed by atoms with van der Waals surface area (Å²) in [4.78, 5) is 0. The molecule has 2 aromatic carbocycles. The van der Waals surface area contributed by atoms with E-state index in [2.05, 4.69) is 38.7 Å². The molecule has 2 rings (SSSR count). The summed E-state index contributed by atoms with van der Waals surface area (Å²) in [5, 5.41) is 18.8. The van der Waals surface area contributed by atoms with Gasteiger partial charge in [0.1, 0.15) is 11.5 Å². The predicted octanol–water partition coefficient (Wildman–Crippen LogP) is 3.57. The fourth-order valence-corrected chi connectivity index (χ4v) is 1.88. The molecular formula is C14H16I2N2O2Pt. The fourth-order valence-electron chi connectivity index (χ4n) is 1.88. The molecule has 2 atom stereocenters. The molecule has 0 saturated carbocycles. The molecule has 0 bridgehead atoms. The zero-order valence-electron chi connectivity index (χ0n) is 10.9. The summed E-state index contributed by atoms with van der Waals surface area (Å²) in [7, 11) is 0. The van der Waals surface area contributed by atoms with Crippen LogP contribution in [0.25, 0.3) is 0 Å². The molecule has 0 aliphatic carbocycles. The Hall–Kier alpha value is 0.108. The average Bonchev–Trinajstić information content (AvgIpc) is 2.46. The third kappa shape index (κ3) is 6.40. The van der Waals surface area contributed by atoms with E-state index in [1.165, 1.54) is 0 Å². The average molecular weight is 693 g/mol. The summed E-state index contributed by atoms with van der Waals surface area (Å²) in [5.74, 6) is 0.317. The van der Waals surface area contributed by atoms with Crippen LogP contribution in [0.2, 0.25) is 0 Å². The Morgan fingerprint density at radius 2 is 1.14 bits per heavy atom. The molecule has 0 radical (unpaired) electrons. The summed E-state index contributed by atoms with van der Waals surface area (Å²) in [6.07, 6.45) is 0. The number of phenolic OH excluding ortho intramolecular Hbond substituents is 2. The van der Waals surface area contributed by atoms with Gasteiger partial charge < -0.3 is 21.7 Å². The molecule has 0 unspecified atom stereocenters. The quantitative estimate of drug-likeness (QED) is 0.371. The summed E-state index contributed by atoms with van der Waals surface area (Å²) in [5.41, 5.74) is 13.7. The summed E-state index contributed by atoms with van der Waals surface area (Å²) >= 11 is 5.30. The number of halogens is 2. The van der Waals surface area contributed by atoms with Crippen LogP contribution >= 0.6 is 38.7 Å². The maximum atomic E-state index is 9.42. The van der Waals surface area contributed by atoms with E-state index < -0.39 is 12.1 Å². The second-order valence-electron chi connectivity index (χ2n) is 4.29. The van der Waals surface area contributed by atoms with Crippen molar-refractivity contribution in [3.63, 3.8) is 0 Å². The number of phenols is 2. The van der Waals surface area contributed by atoms with E-state index in [1.807, 2.05) is 12.1 Å². The monoisotopic (exact) mass is 693 g/mol. The van der Waals surface area contributed by atoms with Gasteiger partial charge >= 0.3 is 49.9 Å². The van der Waals surface area contributed by atoms with Gasteiger partial charge in [0.15, 0.2) is 0 Å². The number of hydrogen-bond donors (Lipinski definition) is 4. The molecule has 118 valence electrons. The van der Waals surface area contributed by atoms with Crippen LogP contribution in [0.3, 0.4) is 0 Å². The Balaban J connectivity index is 0.000000677. The van der Waals surface area contributed by atoms with Crippen LogP contribution in [0, 0.1) is 0 Å². The van der Waals surface area contributed by atoms with Crippen molar-refractivity contribution in [2.24, 2.45) is 11.5 Å². The van der Waals surface area contributed by atoms with Crippen LogP contribution in [0.4, 0.5) is 0 Å². The summed E-state index contributed by atoms with van der Waals surface area (Å²) in [6.45, 7) is 0. The molecule has 21 heavy (non-hydrogen) atoms. The zero-order chi connectivity index (χ0) is 15.8. The number of benzene rings is 2. The van der Waals surface area contributed by atoms with Crippen molar-refractivity contribution in [3.05, 3.63) is 59.7 Å². The van der Waals surface area contributed by atoms with E-state index in [4.69, 9.17) is 11.5 Å². The van der Waals surface area contributed by atoms with Crippen molar-refractivity contribution in [1.29, 1.82) is 0 Å². The van der Waals surface area contributed by atoms with Crippen molar-refractivity contribution in [2.45, 2.75) is 12.1 Å². The molecule has 0 spiro atoms. The minimum atomic E-state index is -0.445. The first-order valence-corrected chi connectivity index (χ1v) is 18.8. The van der Waals surface area contributed by atoms with Crippen LogP contribution < -0.4 is 11.5 Å². The van der Waals surface area contributed by atoms with Crippen molar-refractivity contribution >= 4 is 38.7 Å². The first kappa shape index (κ1) is 19.2. The molecule has 0 aromatic heterocycles. The zero-order valence-corrected chi connectivity index (χ0v) is 17.5. The van der Waals surface area contributed by atoms with Gasteiger partial charge in [-0.3, -0.25) is 0 Å². The van der Waals surface area contributed by atoms with E-state index in [1.54, 1.807) is 36.4 Å². The molecule has 0 saturated heterocycles. The first-order chi connectivity index (χ1) is 9.99. The van der Waals surface area contributed by atoms with Gasteiger partial charge in [0, 0.05) is 12.1 Å². The van der Waals surface area contributed by atoms with Crippen LogP contribution in [-0.2, 0) is 11.2 Å². The molecular weight excluding hydrogens is 677 g/mol. The molecule has 2 aromatic rings. The van der Waals surface area contributed by atoms with Crippen LogP contribution in [0.15, 0.2) is 48.5 Å². The standard InChI is InChI=1S/C14H16N2O2.2HI.Pt/c15-13(9-3-1-5-11(17)7-9)14(16)10-4-2-6-12(18)8-10;;;/h1-8,13-14,17-18H,15-16H2;2*1H;/q;;;+2/p-2/t13-,14+;;;. The SMILES string of the molecule is N[C@H](c1cccc(O)c1)[C@@H](N)c1cccc(O)c1.[I][Pt][I]. The maximum absolute atomic E-state index is 9.42. The van der Waals surface area contributed by atoms with Gasteiger partial charge in [-0.1, -0.05) is 24.3 Å². The molecule has 0 aliphatic rings. The Morgan fingerprint density at radius 3 is 1.43 bits per heavy atom. The molecule has 0 amide bonds. The number of rotatable bonds is 3. The van der Waals surface area contributed by atoms with Gasteiger partial charge in [0.25, 0.3) is 0 Å². The van der Waals surface area contributed by atoms with Gasteiger partial charge in [-0.15, -0.1) is 0 Å². The van der Waals surface area contributed by atoms with Crippen LogP contribution in [0.5, 0.6) is 11.5 Å². The Labute approximate surface area is 153 Å². The molecule has 0 heterocycles. The Bertz CT molecular complexity index is 523.